The standard InChI is InChI=1S/C32H33N5O/c1-33-29-16-14-25(15-17-29)22-37-24-34-21-30(37)18-19-35-32(38)28-13-8-20-36(23-28)31(26-9-4-2-5-10-26)27-11-6-3-7-12-27/h2-7,9-12,14-17,21,24,28,31H,8,13,18-20,22-23H2,(H,35,38)/t28-/m0/s1. The van der Waals surface area contributed by atoms with Crippen LogP contribution in [-0.4, -0.2) is 40.0 Å². The summed E-state index contributed by atoms with van der Waals surface area (Å²) >= 11 is 0. The number of piperidine rings is 1. The van der Waals surface area contributed by atoms with Crippen LogP contribution in [-0.2, 0) is 17.8 Å². The fraction of sp³-hybridized carbons (Fsp3) is 0.281. The van der Waals surface area contributed by atoms with Crippen molar-refractivity contribution >= 4 is 11.6 Å². The minimum Gasteiger partial charge on any atom is -0.355 e. The Labute approximate surface area is 224 Å². The average molecular weight is 504 g/mol. The number of hydrogen-bond acceptors (Lipinski definition) is 3. The molecule has 38 heavy (non-hydrogen) atoms. The maximum absolute atomic E-state index is 13.2. The summed E-state index contributed by atoms with van der Waals surface area (Å²) in [6, 6.07) is 29.0. The lowest BCUT2D eigenvalue weighted by Crippen LogP contribution is -2.45. The predicted octanol–water partition coefficient (Wildman–Crippen LogP) is 5.64. The van der Waals surface area contributed by atoms with Crippen molar-refractivity contribution in [3.05, 3.63) is 131 Å². The Kier molecular flexibility index (Phi) is 8.27. The van der Waals surface area contributed by atoms with Gasteiger partial charge in [-0.15, -0.1) is 0 Å². The van der Waals surface area contributed by atoms with Gasteiger partial charge in [-0.3, -0.25) is 9.69 Å². The van der Waals surface area contributed by atoms with Gasteiger partial charge in [-0.05, 0) is 36.1 Å². The van der Waals surface area contributed by atoms with Gasteiger partial charge in [0.2, 0.25) is 5.91 Å². The zero-order chi connectivity index (χ0) is 26.2. The third-order valence-corrected chi connectivity index (χ3v) is 7.32. The fourth-order valence-corrected chi connectivity index (χ4v) is 5.37. The topological polar surface area (TPSA) is 54.5 Å². The number of aromatic nitrogens is 2. The maximum Gasteiger partial charge on any atom is 0.224 e. The second kappa shape index (κ2) is 12.4. The molecule has 2 heterocycles. The van der Waals surface area contributed by atoms with E-state index in [4.69, 9.17) is 6.57 Å². The molecule has 1 atom stereocenters. The Morgan fingerprint density at radius 1 is 1.00 bits per heavy atom. The molecule has 0 saturated carbocycles. The van der Waals surface area contributed by atoms with Crippen LogP contribution in [0.5, 0.6) is 0 Å². The highest BCUT2D eigenvalue weighted by atomic mass is 16.1. The molecule has 0 aliphatic carbocycles. The zero-order valence-corrected chi connectivity index (χ0v) is 21.5. The molecule has 6 nitrogen and oxygen atoms in total. The van der Waals surface area contributed by atoms with E-state index in [0.717, 1.165) is 43.6 Å². The first-order valence-electron chi connectivity index (χ1n) is 13.3. The number of amides is 1. The van der Waals surface area contributed by atoms with E-state index in [0.29, 0.717) is 18.8 Å². The second-order valence-electron chi connectivity index (χ2n) is 9.89. The molecular weight excluding hydrogens is 470 g/mol. The Morgan fingerprint density at radius 2 is 1.68 bits per heavy atom. The third kappa shape index (κ3) is 6.19. The largest absolute Gasteiger partial charge is 0.355 e. The Hall–Kier alpha value is -4.21. The van der Waals surface area contributed by atoms with Gasteiger partial charge >= 0.3 is 0 Å². The molecule has 1 fully saturated rings. The smallest absolute Gasteiger partial charge is 0.224 e. The van der Waals surface area contributed by atoms with E-state index >= 15 is 0 Å². The van der Waals surface area contributed by atoms with Crippen molar-refractivity contribution < 1.29 is 4.79 Å². The van der Waals surface area contributed by atoms with E-state index in [1.54, 1.807) is 0 Å². The molecule has 5 rings (SSSR count). The molecule has 1 aliphatic rings. The van der Waals surface area contributed by atoms with Crippen LogP contribution < -0.4 is 5.32 Å². The molecule has 6 heteroatoms. The molecular formula is C32H33N5O. The van der Waals surface area contributed by atoms with Crippen molar-refractivity contribution in [3.63, 3.8) is 0 Å². The lowest BCUT2D eigenvalue weighted by Gasteiger charge is -2.38. The molecule has 1 aromatic heterocycles. The number of carbonyl (C=O) groups excluding carboxylic acids is 1. The molecule has 1 aliphatic heterocycles. The summed E-state index contributed by atoms with van der Waals surface area (Å²) in [6.07, 6.45) is 6.34. The van der Waals surface area contributed by atoms with Crippen LogP contribution in [0.4, 0.5) is 5.69 Å². The van der Waals surface area contributed by atoms with Gasteiger partial charge in [-0.25, -0.2) is 9.83 Å². The number of nitrogens with zero attached hydrogens (tertiary/aromatic N) is 4. The van der Waals surface area contributed by atoms with Crippen molar-refractivity contribution in [3.8, 4) is 0 Å². The quantitative estimate of drug-likeness (QED) is 0.301. The minimum atomic E-state index is -0.0236. The summed E-state index contributed by atoms with van der Waals surface area (Å²) in [5, 5.41) is 3.20. The number of benzene rings is 3. The molecule has 4 aromatic rings. The summed E-state index contributed by atoms with van der Waals surface area (Å²) < 4.78 is 2.10. The SMILES string of the molecule is [C-]#[N+]c1ccc(Cn2cncc2CCNC(=O)[C@H]2CCCN(C(c3ccccc3)c3ccccc3)C2)cc1. The molecule has 0 spiro atoms. The highest BCUT2D eigenvalue weighted by Gasteiger charge is 2.31. The lowest BCUT2D eigenvalue weighted by molar-refractivity contribution is -0.126. The van der Waals surface area contributed by atoms with Crippen molar-refractivity contribution in [2.75, 3.05) is 19.6 Å². The van der Waals surface area contributed by atoms with E-state index < -0.39 is 0 Å². The average Bonchev–Trinajstić information content (AvgIpc) is 3.41. The molecule has 1 amide bonds. The Bertz CT molecular complexity index is 1320. The fourth-order valence-electron chi connectivity index (χ4n) is 5.37. The Morgan fingerprint density at radius 3 is 2.34 bits per heavy atom. The van der Waals surface area contributed by atoms with Crippen LogP contribution in [0.25, 0.3) is 4.85 Å². The summed E-state index contributed by atoms with van der Waals surface area (Å²) in [6.45, 7) is 10.1. The molecule has 0 bridgehead atoms. The van der Waals surface area contributed by atoms with Gasteiger partial charge in [0, 0.05) is 37.9 Å². The van der Waals surface area contributed by atoms with E-state index in [2.05, 4.69) is 85.3 Å². The summed E-state index contributed by atoms with van der Waals surface area (Å²) in [4.78, 5) is 23.5. The molecule has 1 saturated heterocycles. The third-order valence-electron chi connectivity index (χ3n) is 7.32. The van der Waals surface area contributed by atoms with Crippen molar-refractivity contribution in [1.29, 1.82) is 0 Å². The van der Waals surface area contributed by atoms with E-state index in [9.17, 15) is 4.79 Å². The molecule has 1 N–H and O–H groups in total. The van der Waals surface area contributed by atoms with Gasteiger partial charge in [0.25, 0.3) is 0 Å². The number of carbonyl (C=O) groups is 1. The van der Waals surface area contributed by atoms with Crippen LogP contribution >= 0.6 is 0 Å². The zero-order valence-electron chi connectivity index (χ0n) is 21.5. The van der Waals surface area contributed by atoms with E-state index in [1.807, 2.05) is 36.8 Å². The van der Waals surface area contributed by atoms with Gasteiger partial charge in [-0.2, -0.15) is 0 Å². The summed E-state index contributed by atoms with van der Waals surface area (Å²) in [5.41, 5.74) is 5.36. The Balaban J connectivity index is 1.19. The summed E-state index contributed by atoms with van der Waals surface area (Å²) in [7, 11) is 0. The maximum atomic E-state index is 13.2. The first kappa shape index (κ1) is 25.4. The normalized spacial score (nSPS) is 15.7. The molecule has 0 radical (unpaired) electrons. The van der Waals surface area contributed by atoms with Crippen LogP contribution in [0.3, 0.4) is 0 Å². The van der Waals surface area contributed by atoms with Gasteiger partial charge in [0.15, 0.2) is 5.69 Å². The van der Waals surface area contributed by atoms with Crippen LogP contribution in [0.2, 0.25) is 0 Å². The first-order valence-corrected chi connectivity index (χ1v) is 13.3. The number of nitrogens with one attached hydrogen (secondary N) is 1. The van der Waals surface area contributed by atoms with Crippen LogP contribution in [0, 0.1) is 12.5 Å². The van der Waals surface area contributed by atoms with Gasteiger partial charge < -0.3 is 9.88 Å². The van der Waals surface area contributed by atoms with Crippen molar-refractivity contribution in [1.82, 2.24) is 19.8 Å². The first-order chi connectivity index (χ1) is 18.7. The molecule has 3 aromatic carbocycles. The van der Waals surface area contributed by atoms with E-state index in [1.165, 1.54) is 11.1 Å². The van der Waals surface area contributed by atoms with Crippen LogP contribution in [0.15, 0.2) is 97.5 Å². The van der Waals surface area contributed by atoms with Crippen LogP contribution in [0.1, 0.15) is 41.3 Å². The monoisotopic (exact) mass is 503 g/mol. The number of hydrogen-bond donors (Lipinski definition) is 1. The minimum absolute atomic E-state index is 0.0236. The highest BCUT2D eigenvalue weighted by molar-refractivity contribution is 5.79. The predicted molar refractivity (Wildman–Crippen MR) is 150 cm³/mol. The van der Waals surface area contributed by atoms with Gasteiger partial charge in [0.05, 0.1) is 24.9 Å². The number of rotatable bonds is 9. The lowest BCUT2D eigenvalue weighted by atomic mass is 9.91. The summed E-state index contributed by atoms with van der Waals surface area (Å²) in [5.74, 6) is 0.111. The second-order valence-corrected chi connectivity index (χ2v) is 9.89. The van der Waals surface area contributed by atoms with E-state index in [-0.39, 0.29) is 17.9 Å². The molecule has 192 valence electrons. The van der Waals surface area contributed by atoms with Gasteiger partial charge in [-0.1, -0.05) is 84.9 Å². The van der Waals surface area contributed by atoms with Gasteiger partial charge in [0.1, 0.15) is 0 Å². The highest BCUT2D eigenvalue weighted by Crippen LogP contribution is 2.32. The van der Waals surface area contributed by atoms with Crippen molar-refractivity contribution in [2.45, 2.75) is 31.8 Å². The number of likely N-dealkylation sites (tertiary alicyclic amines) is 1. The number of imidazole rings is 1. The van der Waals surface area contributed by atoms with Crippen molar-refractivity contribution in [2.24, 2.45) is 5.92 Å². The molecule has 0 unspecified atom stereocenters.